The van der Waals surface area contributed by atoms with Gasteiger partial charge in [0.05, 0.1) is 22.3 Å². The fraction of sp³-hybridized carbons (Fsp3) is 0.158. The monoisotopic (exact) mass is 467 g/mol. The van der Waals surface area contributed by atoms with Gasteiger partial charge in [0.15, 0.2) is 5.82 Å². The number of rotatable bonds is 4. The molecular weight excluding hydrogens is 451 g/mol. The largest absolute Gasteiger partial charge is 1.00 e. The molecule has 3 aromatic rings. The van der Waals surface area contributed by atoms with Gasteiger partial charge in [0.1, 0.15) is 5.69 Å². The molecule has 0 atom stereocenters. The number of amides is 2. The molecule has 0 saturated carbocycles. The topological polar surface area (TPSA) is 101 Å². The van der Waals surface area contributed by atoms with Gasteiger partial charge in [-0.05, 0) is 50.6 Å². The molecule has 138 valence electrons. The first kappa shape index (κ1) is 22.9. The van der Waals surface area contributed by atoms with Gasteiger partial charge in [-0.3, -0.25) is 4.79 Å². The van der Waals surface area contributed by atoms with Crippen molar-refractivity contribution in [3.63, 3.8) is 0 Å². The van der Waals surface area contributed by atoms with Crippen molar-refractivity contribution in [2.45, 2.75) is 20.8 Å². The van der Waals surface area contributed by atoms with Crippen molar-refractivity contribution in [3.05, 3.63) is 75.4 Å². The minimum Gasteiger partial charge on any atom is -0.663 e. The predicted molar refractivity (Wildman–Crippen MR) is 104 cm³/mol. The fourth-order valence-corrected chi connectivity index (χ4v) is 3.05. The summed E-state index contributed by atoms with van der Waals surface area (Å²) in [6.45, 7) is 5.35. The number of hydrogen-bond donors (Lipinski definition) is 1. The molecule has 3 rings (SSSR count). The first-order valence-electron chi connectivity index (χ1n) is 8.14. The van der Waals surface area contributed by atoms with Gasteiger partial charge in [0.2, 0.25) is 0 Å². The molecule has 2 aromatic heterocycles. The van der Waals surface area contributed by atoms with E-state index in [0.717, 1.165) is 5.56 Å². The Bertz CT molecular complexity index is 1060. The summed E-state index contributed by atoms with van der Waals surface area (Å²) in [7, 11) is 0. The molecular formula is C19H17ClN5O2Rb. The third-order valence-corrected chi connectivity index (χ3v) is 4.26. The van der Waals surface area contributed by atoms with Crippen molar-refractivity contribution in [2.24, 2.45) is 0 Å². The second-order valence-corrected chi connectivity index (χ2v) is 6.59. The second kappa shape index (κ2) is 9.41. The number of nitrogens with zero attached hydrogens (tertiary/aromatic N) is 3. The summed E-state index contributed by atoms with van der Waals surface area (Å²) in [5, 5.41) is 7.39. The number of anilines is 1. The fourth-order valence-electron chi connectivity index (χ4n) is 2.85. The molecule has 0 fully saturated rings. The van der Waals surface area contributed by atoms with Crippen LogP contribution in [0.3, 0.4) is 0 Å². The summed E-state index contributed by atoms with van der Waals surface area (Å²) in [5.41, 5.74) is 10.3. The molecule has 7 nitrogen and oxygen atoms in total. The average Bonchev–Trinajstić information content (AvgIpc) is 2.99. The summed E-state index contributed by atoms with van der Waals surface area (Å²) in [6, 6.07) is 8.36. The van der Waals surface area contributed by atoms with Crippen LogP contribution in [0.2, 0.25) is 5.02 Å². The quantitative estimate of drug-likeness (QED) is 0.624. The van der Waals surface area contributed by atoms with E-state index in [0.29, 0.717) is 27.8 Å². The summed E-state index contributed by atoms with van der Waals surface area (Å²) >= 11 is 6.19. The van der Waals surface area contributed by atoms with Crippen molar-refractivity contribution in [2.75, 3.05) is 5.32 Å². The zero-order chi connectivity index (χ0) is 19.7. The zero-order valence-corrected chi connectivity index (χ0v) is 21.7. The average molecular weight is 468 g/mol. The molecule has 2 amide bonds. The van der Waals surface area contributed by atoms with E-state index in [9.17, 15) is 9.59 Å². The van der Waals surface area contributed by atoms with Gasteiger partial charge in [-0.2, -0.15) is 5.10 Å². The van der Waals surface area contributed by atoms with Crippen molar-refractivity contribution in [3.8, 4) is 5.82 Å². The molecule has 2 N–H and O–H groups in total. The minimum absolute atomic E-state index is 0. The van der Waals surface area contributed by atoms with E-state index in [4.69, 9.17) is 17.3 Å². The maximum Gasteiger partial charge on any atom is 1.00 e. The van der Waals surface area contributed by atoms with Crippen LogP contribution in [0, 0.1) is 20.8 Å². The molecule has 2 heterocycles. The molecule has 0 aliphatic heterocycles. The van der Waals surface area contributed by atoms with E-state index in [2.05, 4.69) is 15.4 Å². The van der Waals surface area contributed by atoms with Gasteiger partial charge in [-0.1, -0.05) is 23.2 Å². The number of carbonyl (C=O) groups is 2. The Morgan fingerprint density at radius 2 is 1.89 bits per heavy atom. The van der Waals surface area contributed by atoms with Crippen molar-refractivity contribution in [1.82, 2.24) is 14.8 Å². The number of aromatic nitrogens is 3. The van der Waals surface area contributed by atoms with Crippen LogP contribution in [-0.4, -0.2) is 26.6 Å². The smallest absolute Gasteiger partial charge is 0.663 e. The van der Waals surface area contributed by atoms with E-state index in [1.807, 2.05) is 13.0 Å². The molecule has 1 aromatic carbocycles. The molecule has 9 heteroatoms. The summed E-state index contributed by atoms with van der Waals surface area (Å²) in [4.78, 5) is 28.8. The number of benzene rings is 1. The molecule has 0 aliphatic carbocycles. The van der Waals surface area contributed by atoms with Gasteiger partial charge in [0, 0.05) is 11.8 Å². The molecule has 28 heavy (non-hydrogen) atoms. The Kier molecular flexibility index (Phi) is 7.69. The molecule has 0 spiro atoms. The first-order chi connectivity index (χ1) is 12.8. The number of aryl methyl sites for hydroxylation is 3. The molecule has 0 aliphatic rings. The second-order valence-electron chi connectivity index (χ2n) is 6.18. The Balaban J connectivity index is 0.00000280. The Morgan fingerprint density at radius 3 is 2.54 bits per heavy atom. The molecule has 0 unspecified atom stereocenters. The van der Waals surface area contributed by atoms with Crippen LogP contribution < -0.4 is 63.5 Å². The van der Waals surface area contributed by atoms with Crippen LogP contribution in [0.1, 0.15) is 37.7 Å². The van der Waals surface area contributed by atoms with Gasteiger partial charge in [0.25, 0.3) is 5.91 Å². The van der Waals surface area contributed by atoms with E-state index in [1.165, 1.54) is 4.68 Å². The van der Waals surface area contributed by atoms with Crippen molar-refractivity contribution >= 4 is 29.1 Å². The third kappa shape index (κ3) is 4.78. The SMILES string of the molecule is Cc1cc(C)c(NC(=O)c2cc(C)nn2-c2ncccc2Cl)c(C([NH-])=O)c1.[Rb+]. The van der Waals surface area contributed by atoms with Gasteiger partial charge < -0.3 is 15.8 Å². The van der Waals surface area contributed by atoms with Crippen LogP contribution >= 0.6 is 11.6 Å². The van der Waals surface area contributed by atoms with Gasteiger partial charge in [-0.25, -0.2) is 9.67 Å². The molecule has 0 bridgehead atoms. The van der Waals surface area contributed by atoms with Crippen LogP contribution in [0.5, 0.6) is 0 Å². The minimum atomic E-state index is -0.866. The van der Waals surface area contributed by atoms with E-state index in [1.54, 1.807) is 44.3 Å². The zero-order valence-electron chi connectivity index (χ0n) is 16.0. The molecule has 0 radical (unpaired) electrons. The predicted octanol–water partition coefficient (Wildman–Crippen LogP) is 1.29. The molecule has 0 saturated heterocycles. The number of pyridine rings is 1. The van der Waals surface area contributed by atoms with E-state index >= 15 is 0 Å². The Labute approximate surface area is 216 Å². The summed E-state index contributed by atoms with van der Waals surface area (Å²) in [6.07, 6.45) is 1.56. The van der Waals surface area contributed by atoms with Crippen molar-refractivity contribution in [1.29, 1.82) is 0 Å². The number of hydrogen-bond acceptors (Lipinski definition) is 4. The van der Waals surface area contributed by atoms with Crippen LogP contribution in [0.15, 0.2) is 36.5 Å². The number of nitrogens with one attached hydrogen (secondary N) is 2. The summed E-state index contributed by atoms with van der Waals surface area (Å²) < 4.78 is 1.36. The van der Waals surface area contributed by atoms with Gasteiger partial charge in [-0.15, -0.1) is 0 Å². The van der Waals surface area contributed by atoms with Crippen LogP contribution in [-0.2, 0) is 0 Å². The standard InChI is InChI=1S/C19H18ClN5O2.Rb/c1-10-7-11(2)16(13(8-10)17(21)26)23-19(27)15-9-12(3)24-25(15)18-14(20)5-4-6-22-18;/h4-9H,1-3H3,(H3,21,23,26,27);/q;+1/p-1. The van der Waals surface area contributed by atoms with Crippen LogP contribution in [0.25, 0.3) is 11.6 Å². The number of halogens is 1. The third-order valence-electron chi connectivity index (χ3n) is 3.97. The number of carbonyl (C=O) groups excluding carboxylic acids is 2. The van der Waals surface area contributed by atoms with E-state index in [-0.39, 0.29) is 69.4 Å². The maximum atomic E-state index is 12.9. The normalized spacial score (nSPS) is 10.3. The van der Waals surface area contributed by atoms with Gasteiger partial charge >= 0.3 is 58.2 Å². The Morgan fingerprint density at radius 1 is 1.18 bits per heavy atom. The van der Waals surface area contributed by atoms with E-state index < -0.39 is 11.8 Å². The first-order valence-corrected chi connectivity index (χ1v) is 8.52. The Hall–Kier alpha value is -1.38. The van der Waals surface area contributed by atoms with Crippen LogP contribution in [0.4, 0.5) is 5.69 Å². The summed E-state index contributed by atoms with van der Waals surface area (Å²) in [5.74, 6) is -1.02. The van der Waals surface area contributed by atoms with Crippen molar-refractivity contribution < 1.29 is 67.8 Å². The maximum absolute atomic E-state index is 12.9.